The maximum atomic E-state index is 11.8. The maximum Gasteiger partial charge on any atom is 0.305 e. The van der Waals surface area contributed by atoms with Crippen LogP contribution in [0.25, 0.3) is 0 Å². The summed E-state index contributed by atoms with van der Waals surface area (Å²) in [5.74, 6) is -0.293. The van der Waals surface area contributed by atoms with Gasteiger partial charge in [0, 0.05) is 6.92 Å². The minimum Gasteiger partial charge on any atom is -0.434 e. The third-order valence-electron chi connectivity index (χ3n) is 2.71. The highest BCUT2D eigenvalue weighted by Gasteiger charge is 2.33. The van der Waals surface area contributed by atoms with E-state index in [-0.39, 0.29) is 11.9 Å². The van der Waals surface area contributed by atoms with Crippen LogP contribution >= 0.6 is 0 Å². The Hall–Kier alpha value is -1.14. The van der Waals surface area contributed by atoms with Crippen LogP contribution in [0, 0.1) is 5.92 Å². The lowest BCUT2D eigenvalue weighted by molar-refractivity contribution is -0.170. The quantitative estimate of drug-likeness (QED) is 0.685. The standard InChI is InChI=1S/C12H22N2O4/c1-7(2)6-9(13)11(16)14-10-4-5-17-12(10)18-8(3)15/h7,9-10,12H,4-6,13H2,1-3H3,(H,14,16)/t9-,10-,12?/m0/s1. The van der Waals surface area contributed by atoms with Crippen molar-refractivity contribution in [2.75, 3.05) is 6.61 Å². The summed E-state index contributed by atoms with van der Waals surface area (Å²) < 4.78 is 10.2. The molecule has 0 saturated carbocycles. The first-order valence-electron chi connectivity index (χ1n) is 6.25. The minimum absolute atomic E-state index is 0.226. The Kier molecular flexibility index (Phi) is 5.55. The first-order chi connectivity index (χ1) is 8.40. The molecule has 1 unspecified atom stereocenters. The predicted octanol–water partition coefficient (Wildman–Crippen LogP) is 0.154. The van der Waals surface area contributed by atoms with E-state index < -0.39 is 18.3 Å². The molecular weight excluding hydrogens is 236 g/mol. The molecule has 1 amide bonds. The molecule has 0 aromatic carbocycles. The van der Waals surface area contributed by atoms with Gasteiger partial charge in [-0.3, -0.25) is 9.59 Å². The summed E-state index contributed by atoms with van der Waals surface area (Å²) in [7, 11) is 0. The number of carbonyl (C=O) groups excluding carboxylic acids is 2. The first-order valence-corrected chi connectivity index (χ1v) is 6.25. The Bertz CT molecular complexity index is 306. The molecule has 1 saturated heterocycles. The number of nitrogens with two attached hydrogens (primary N) is 1. The number of hydrogen-bond donors (Lipinski definition) is 2. The molecule has 3 N–H and O–H groups in total. The van der Waals surface area contributed by atoms with Gasteiger partial charge in [-0.2, -0.15) is 0 Å². The molecule has 1 fully saturated rings. The van der Waals surface area contributed by atoms with E-state index in [1.54, 1.807) is 0 Å². The van der Waals surface area contributed by atoms with Crippen LogP contribution in [0.2, 0.25) is 0 Å². The fourth-order valence-electron chi connectivity index (χ4n) is 1.89. The molecule has 1 rings (SSSR count). The molecule has 6 nitrogen and oxygen atoms in total. The first kappa shape index (κ1) is 14.9. The molecular formula is C12H22N2O4. The van der Waals surface area contributed by atoms with Crippen LogP contribution in [-0.2, 0) is 19.1 Å². The van der Waals surface area contributed by atoms with E-state index in [1.807, 2.05) is 13.8 Å². The number of amides is 1. The lowest BCUT2D eigenvalue weighted by atomic mass is 10.0. The number of hydrogen-bond acceptors (Lipinski definition) is 5. The summed E-state index contributed by atoms with van der Waals surface area (Å²) in [6, 6.07) is -0.844. The second-order valence-electron chi connectivity index (χ2n) is 4.99. The van der Waals surface area contributed by atoms with Crippen LogP contribution in [0.5, 0.6) is 0 Å². The van der Waals surface area contributed by atoms with Crippen molar-refractivity contribution in [3.63, 3.8) is 0 Å². The molecule has 0 aromatic rings. The molecule has 18 heavy (non-hydrogen) atoms. The van der Waals surface area contributed by atoms with E-state index in [2.05, 4.69) is 5.32 Å². The van der Waals surface area contributed by atoms with Crippen LogP contribution in [0.3, 0.4) is 0 Å². The second kappa shape index (κ2) is 6.70. The van der Waals surface area contributed by atoms with Crippen LogP contribution in [0.4, 0.5) is 0 Å². The Morgan fingerprint density at radius 1 is 1.50 bits per heavy atom. The highest BCUT2D eigenvalue weighted by molar-refractivity contribution is 5.81. The summed E-state index contributed by atoms with van der Waals surface area (Å²) in [5.41, 5.74) is 5.78. The van der Waals surface area contributed by atoms with Gasteiger partial charge in [0.2, 0.25) is 12.2 Å². The second-order valence-corrected chi connectivity index (χ2v) is 4.99. The van der Waals surface area contributed by atoms with E-state index in [0.717, 1.165) is 0 Å². The SMILES string of the molecule is CC(=O)OC1OCC[C@@H]1NC(=O)[C@@H](N)CC(C)C. The van der Waals surface area contributed by atoms with Crippen molar-refractivity contribution in [2.24, 2.45) is 11.7 Å². The van der Waals surface area contributed by atoms with Gasteiger partial charge in [-0.15, -0.1) is 0 Å². The van der Waals surface area contributed by atoms with Gasteiger partial charge in [0.05, 0.1) is 18.7 Å². The zero-order valence-electron chi connectivity index (χ0n) is 11.1. The molecule has 0 aliphatic carbocycles. The largest absolute Gasteiger partial charge is 0.434 e. The monoisotopic (exact) mass is 258 g/mol. The van der Waals surface area contributed by atoms with Gasteiger partial charge in [0.15, 0.2) is 0 Å². The van der Waals surface area contributed by atoms with Crippen molar-refractivity contribution < 1.29 is 19.1 Å². The van der Waals surface area contributed by atoms with Crippen LogP contribution in [0.15, 0.2) is 0 Å². The third-order valence-corrected chi connectivity index (χ3v) is 2.71. The molecule has 104 valence electrons. The maximum absolute atomic E-state index is 11.8. The average molecular weight is 258 g/mol. The number of carbonyl (C=O) groups is 2. The number of rotatable bonds is 5. The molecule has 1 aliphatic rings. The summed E-state index contributed by atoms with van der Waals surface area (Å²) in [6.07, 6.45) is 0.549. The Labute approximate surface area is 107 Å². The summed E-state index contributed by atoms with van der Waals surface area (Å²) in [4.78, 5) is 22.7. The Balaban J connectivity index is 2.45. The highest BCUT2D eigenvalue weighted by atomic mass is 16.7. The molecule has 0 aromatic heterocycles. The van der Waals surface area contributed by atoms with E-state index in [0.29, 0.717) is 25.4 Å². The van der Waals surface area contributed by atoms with Gasteiger partial charge < -0.3 is 20.5 Å². The van der Waals surface area contributed by atoms with Crippen molar-refractivity contribution in [2.45, 2.75) is 52.0 Å². The number of ether oxygens (including phenoxy) is 2. The minimum atomic E-state index is -0.697. The Morgan fingerprint density at radius 3 is 2.72 bits per heavy atom. The highest BCUT2D eigenvalue weighted by Crippen LogP contribution is 2.15. The molecule has 0 bridgehead atoms. The molecule has 1 aliphatic heterocycles. The van der Waals surface area contributed by atoms with Gasteiger partial charge in [-0.1, -0.05) is 13.8 Å². The fourth-order valence-corrected chi connectivity index (χ4v) is 1.89. The van der Waals surface area contributed by atoms with Crippen LogP contribution in [0.1, 0.15) is 33.6 Å². The lowest BCUT2D eigenvalue weighted by Crippen LogP contribution is -2.49. The summed E-state index contributed by atoms with van der Waals surface area (Å²) >= 11 is 0. The van der Waals surface area contributed by atoms with Gasteiger partial charge >= 0.3 is 5.97 Å². The van der Waals surface area contributed by atoms with E-state index >= 15 is 0 Å². The fraction of sp³-hybridized carbons (Fsp3) is 0.833. The molecule has 0 spiro atoms. The van der Waals surface area contributed by atoms with Crippen LogP contribution < -0.4 is 11.1 Å². The van der Waals surface area contributed by atoms with Gasteiger partial charge in [0.25, 0.3) is 0 Å². The third kappa shape index (κ3) is 4.62. The zero-order valence-corrected chi connectivity index (χ0v) is 11.1. The van der Waals surface area contributed by atoms with Crippen molar-refractivity contribution in [1.82, 2.24) is 5.32 Å². The van der Waals surface area contributed by atoms with E-state index in [1.165, 1.54) is 6.92 Å². The van der Waals surface area contributed by atoms with E-state index in [4.69, 9.17) is 15.2 Å². The summed E-state index contributed by atoms with van der Waals surface area (Å²) in [6.45, 7) is 5.79. The molecule has 1 heterocycles. The number of esters is 1. The van der Waals surface area contributed by atoms with Crippen molar-refractivity contribution >= 4 is 11.9 Å². The van der Waals surface area contributed by atoms with Crippen molar-refractivity contribution in [3.8, 4) is 0 Å². The van der Waals surface area contributed by atoms with Gasteiger partial charge in [0.1, 0.15) is 0 Å². The molecule has 0 radical (unpaired) electrons. The molecule has 3 atom stereocenters. The topological polar surface area (TPSA) is 90.6 Å². The average Bonchev–Trinajstić information content (AvgIpc) is 2.63. The lowest BCUT2D eigenvalue weighted by Gasteiger charge is -2.21. The van der Waals surface area contributed by atoms with Gasteiger partial charge in [-0.05, 0) is 18.8 Å². The smallest absolute Gasteiger partial charge is 0.305 e. The predicted molar refractivity (Wildman–Crippen MR) is 65.5 cm³/mol. The molecule has 6 heteroatoms. The van der Waals surface area contributed by atoms with Crippen molar-refractivity contribution in [1.29, 1.82) is 0 Å². The number of nitrogens with one attached hydrogen (secondary N) is 1. The van der Waals surface area contributed by atoms with Crippen molar-refractivity contribution in [3.05, 3.63) is 0 Å². The van der Waals surface area contributed by atoms with Crippen LogP contribution in [-0.4, -0.2) is 36.9 Å². The summed E-state index contributed by atoms with van der Waals surface area (Å²) in [5, 5.41) is 2.77. The van der Waals surface area contributed by atoms with E-state index in [9.17, 15) is 9.59 Å². The van der Waals surface area contributed by atoms with Gasteiger partial charge in [-0.25, -0.2) is 0 Å². The normalized spacial score (nSPS) is 24.9. The zero-order chi connectivity index (χ0) is 13.7. The Morgan fingerprint density at radius 2 is 2.17 bits per heavy atom.